The molecule has 2 heterocycles. The Labute approximate surface area is 112 Å². The Morgan fingerprint density at radius 2 is 2.26 bits per heavy atom. The fourth-order valence-electron chi connectivity index (χ4n) is 2.61. The predicted molar refractivity (Wildman–Crippen MR) is 73.3 cm³/mol. The zero-order valence-corrected chi connectivity index (χ0v) is 11.3. The number of halogens is 1. The number of aromatic nitrogens is 2. The summed E-state index contributed by atoms with van der Waals surface area (Å²) in [5, 5.41) is 8.12. The molecule has 0 bridgehead atoms. The van der Waals surface area contributed by atoms with Gasteiger partial charge in [0.1, 0.15) is 5.82 Å². The highest BCUT2D eigenvalue weighted by Gasteiger charge is 2.31. The summed E-state index contributed by atoms with van der Waals surface area (Å²) in [6, 6.07) is 8.66. The fourth-order valence-corrected chi connectivity index (χ4v) is 2.61. The smallest absolute Gasteiger partial charge is 0.123 e. The van der Waals surface area contributed by atoms with E-state index in [1.165, 1.54) is 12.1 Å². The van der Waals surface area contributed by atoms with Gasteiger partial charge < -0.3 is 5.32 Å². The number of fused-ring (bicyclic) bond motifs is 1. The van der Waals surface area contributed by atoms with E-state index in [4.69, 9.17) is 5.10 Å². The van der Waals surface area contributed by atoms with Crippen LogP contribution in [0.15, 0.2) is 30.3 Å². The molecule has 0 saturated carbocycles. The first-order valence-corrected chi connectivity index (χ1v) is 6.68. The van der Waals surface area contributed by atoms with Crippen molar-refractivity contribution in [2.45, 2.75) is 32.4 Å². The molecule has 0 spiro atoms. The lowest BCUT2D eigenvalue weighted by molar-refractivity contribution is 0.226. The molecular formula is C15H18FN3. The molecule has 0 radical (unpaired) electrons. The molecule has 3 rings (SSSR count). The molecule has 0 aliphatic carbocycles. The monoisotopic (exact) mass is 259 g/mol. The highest BCUT2D eigenvalue weighted by molar-refractivity contribution is 5.59. The average Bonchev–Trinajstić information content (AvgIpc) is 2.85. The summed E-state index contributed by atoms with van der Waals surface area (Å²) >= 11 is 0. The van der Waals surface area contributed by atoms with Crippen LogP contribution in [0.3, 0.4) is 0 Å². The van der Waals surface area contributed by atoms with Crippen LogP contribution in [0, 0.1) is 5.82 Å². The van der Waals surface area contributed by atoms with E-state index in [1.807, 2.05) is 6.07 Å². The lowest BCUT2D eigenvalue weighted by Gasteiger charge is -2.35. The second-order valence-electron chi connectivity index (χ2n) is 5.40. The normalized spacial score (nSPS) is 22.3. The predicted octanol–water partition coefficient (Wildman–Crippen LogP) is 2.92. The standard InChI is InChI=1S/C15H18FN3/c1-3-15(2)10-17-9-13-8-14(18-19(13)15)11-5-4-6-12(16)7-11/h4-8,17H,3,9-10H2,1-2H3. The molecule has 0 fully saturated rings. The van der Waals surface area contributed by atoms with Gasteiger partial charge in [0.25, 0.3) is 0 Å². The van der Waals surface area contributed by atoms with E-state index in [1.54, 1.807) is 6.07 Å². The molecule has 0 amide bonds. The van der Waals surface area contributed by atoms with E-state index in [9.17, 15) is 4.39 Å². The first-order chi connectivity index (χ1) is 9.12. The highest BCUT2D eigenvalue weighted by atomic mass is 19.1. The van der Waals surface area contributed by atoms with Crippen molar-refractivity contribution in [3.63, 3.8) is 0 Å². The first kappa shape index (κ1) is 12.4. The van der Waals surface area contributed by atoms with Crippen LogP contribution in [0.4, 0.5) is 4.39 Å². The topological polar surface area (TPSA) is 29.9 Å². The van der Waals surface area contributed by atoms with Gasteiger partial charge in [0.2, 0.25) is 0 Å². The molecule has 1 atom stereocenters. The number of nitrogens with one attached hydrogen (secondary N) is 1. The summed E-state index contributed by atoms with van der Waals surface area (Å²) in [4.78, 5) is 0. The summed E-state index contributed by atoms with van der Waals surface area (Å²) in [5.41, 5.74) is 2.84. The Bertz CT molecular complexity index is 605. The summed E-state index contributed by atoms with van der Waals surface area (Å²) in [7, 11) is 0. The van der Waals surface area contributed by atoms with Gasteiger partial charge in [0.15, 0.2) is 0 Å². The van der Waals surface area contributed by atoms with Crippen LogP contribution in [0.5, 0.6) is 0 Å². The van der Waals surface area contributed by atoms with Gasteiger partial charge in [-0.15, -0.1) is 0 Å². The average molecular weight is 259 g/mol. The number of nitrogens with zero attached hydrogens (tertiary/aromatic N) is 2. The van der Waals surface area contributed by atoms with E-state index in [2.05, 4.69) is 29.9 Å². The second-order valence-corrected chi connectivity index (χ2v) is 5.40. The molecule has 1 unspecified atom stereocenters. The molecule has 1 N–H and O–H groups in total. The van der Waals surface area contributed by atoms with Gasteiger partial charge in [-0.05, 0) is 31.5 Å². The van der Waals surface area contributed by atoms with Crippen molar-refractivity contribution < 1.29 is 4.39 Å². The number of benzene rings is 1. The van der Waals surface area contributed by atoms with E-state index >= 15 is 0 Å². The Morgan fingerprint density at radius 3 is 3.00 bits per heavy atom. The van der Waals surface area contributed by atoms with E-state index in [0.29, 0.717) is 0 Å². The summed E-state index contributed by atoms with van der Waals surface area (Å²) < 4.78 is 15.4. The largest absolute Gasteiger partial charge is 0.309 e. The van der Waals surface area contributed by atoms with Crippen molar-refractivity contribution in [2.24, 2.45) is 0 Å². The van der Waals surface area contributed by atoms with E-state index < -0.39 is 0 Å². The molecular weight excluding hydrogens is 241 g/mol. The van der Waals surface area contributed by atoms with Crippen LogP contribution in [-0.4, -0.2) is 16.3 Å². The van der Waals surface area contributed by atoms with E-state index in [-0.39, 0.29) is 11.4 Å². The first-order valence-electron chi connectivity index (χ1n) is 6.68. The van der Waals surface area contributed by atoms with Crippen LogP contribution in [0.1, 0.15) is 26.0 Å². The maximum Gasteiger partial charge on any atom is 0.123 e. The van der Waals surface area contributed by atoms with Gasteiger partial charge in [-0.3, -0.25) is 4.68 Å². The van der Waals surface area contributed by atoms with Gasteiger partial charge in [0, 0.05) is 18.7 Å². The minimum absolute atomic E-state index is 0.000835. The molecule has 1 aromatic carbocycles. The van der Waals surface area contributed by atoms with Crippen molar-refractivity contribution in [1.82, 2.24) is 15.1 Å². The lowest BCUT2D eigenvalue weighted by Crippen LogP contribution is -2.46. The van der Waals surface area contributed by atoms with Gasteiger partial charge in [0.05, 0.1) is 16.9 Å². The Balaban J connectivity index is 2.07. The van der Waals surface area contributed by atoms with Gasteiger partial charge in [-0.25, -0.2) is 4.39 Å². The van der Waals surface area contributed by atoms with Crippen LogP contribution in [-0.2, 0) is 12.1 Å². The summed E-state index contributed by atoms with van der Waals surface area (Å²) in [6.45, 7) is 6.10. The number of rotatable bonds is 2. The van der Waals surface area contributed by atoms with Crippen LogP contribution in [0.2, 0.25) is 0 Å². The Morgan fingerprint density at radius 1 is 1.42 bits per heavy atom. The third-order valence-corrected chi connectivity index (χ3v) is 3.99. The molecule has 3 nitrogen and oxygen atoms in total. The molecule has 1 aromatic heterocycles. The van der Waals surface area contributed by atoms with Crippen molar-refractivity contribution in [2.75, 3.05) is 6.54 Å². The summed E-state index contributed by atoms with van der Waals surface area (Å²) in [5.74, 6) is -0.222. The molecule has 2 aromatic rings. The fraction of sp³-hybridized carbons (Fsp3) is 0.400. The molecule has 1 aliphatic heterocycles. The lowest BCUT2D eigenvalue weighted by atomic mass is 9.97. The zero-order chi connectivity index (χ0) is 13.5. The minimum atomic E-state index is -0.222. The third kappa shape index (κ3) is 2.06. The molecule has 100 valence electrons. The Kier molecular flexibility index (Phi) is 2.90. The third-order valence-electron chi connectivity index (χ3n) is 3.99. The van der Waals surface area contributed by atoms with Crippen LogP contribution in [0.25, 0.3) is 11.3 Å². The molecule has 19 heavy (non-hydrogen) atoms. The van der Waals surface area contributed by atoms with Gasteiger partial charge >= 0.3 is 0 Å². The van der Waals surface area contributed by atoms with Crippen molar-refractivity contribution in [3.05, 3.63) is 41.8 Å². The molecule has 0 saturated heterocycles. The Hall–Kier alpha value is -1.68. The van der Waals surface area contributed by atoms with Crippen LogP contribution < -0.4 is 5.32 Å². The van der Waals surface area contributed by atoms with E-state index in [0.717, 1.165) is 36.5 Å². The van der Waals surface area contributed by atoms with Gasteiger partial charge in [-0.1, -0.05) is 19.1 Å². The van der Waals surface area contributed by atoms with Crippen molar-refractivity contribution in [1.29, 1.82) is 0 Å². The molecule has 1 aliphatic rings. The quantitative estimate of drug-likeness (QED) is 0.898. The maximum atomic E-state index is 13.3. The number of hydrogen-bond acceptors (Lipinski definition) is 2. The SMILES string of the molecule is CCC1(C)CNCc2cc(-c3cccc(F)c3)nn21. The van der Waals surface area contributed by atoms with Crippen molar-refractivity contribution in [3.8, 4) is 11.3 Å². The summed E-state index contributed by atoms with van der Waals surface area (Å²) in [6.07, 6.45) is 1.01. The second kappa shape index (κ2) is 4.46. The number of hydrogen-bond donors (Lipinski definition) is 1. The minimum Gasteiger partial charge on any atom is -0.309 e. The van der Waals surface area contributed by atoms with Gasteiger partial charge in [-0.2, -0.15) is 5.10 Å². The van der Waals surface area contributed by atoms with Crippen LogP contribution >= 0.6 is 0 Å². The van der Waals surface area contributed by atoms with Crippen molar-refractivity contribution >= 4 is 0 Å². The zero-order valence-electron chi connectivity index (χ0n) is 11.3. The maximum absolute atomic E-state index is 13.3. The molecule has 4 heteroatoms. The highest BCUT2D eigenvalue weighted by Crippen LogP contribution is 2.28.